The van der Waals surface area contributed by atoms with E-state index in [1.807, 2.05) is 24.3 Å². The Kier molecular flexibility index (Phi) is 6.35. The Morgan fingerprint density at radius 3 is 2.52 bits per heavy atom. The zero-order valence-electron chi connectivity index (χ0n) is 15.4. The molecule has 0 saturated heterocycles. The summed E-state index contributed by atoms with van der Waals surface area (Å²) in [6, 6.07) is 10.9. The summed E-state index contributed by atoms with van der Waals surface area (Å²) in [4.78, 5) is 17.1. The maximum Gasteiger partial charge on any atom is 0.259 e. The molecule has 29 heavy (non-hydrogen) atoms. The van der Waals surface area contributed by atoms with Crippen LogP contribution in [0.4, 0.5) is 15.2 Å². The minimum Gasteiger partial charge on any atom is -0.298 e. The van der Waals surface area contributed by atoms with Crippen molar-refractivity contribution in [2.45, 2.75) is 19.1 Å². The quantitative estimate of drug-likeness (QED) is 0.494. The van der Waals surface area contributed by atoms with Crippen LogP contribution in [0.5, 0.6) is 0 Å². The lowest BCUT2D eigenvalue weighted by Crippen LogP contribution is -2.24. The zero-order chi connectivity index (χ0) is 21.2. The third kappa shape index (κ3) is 5.20. The number of benzene rings is 2. The Morgan fingerprint density at radius 1 is 1.17 bits per heavy atom. The van der Waals surface area contributed by atoms with Crippen molar-refractivity contribution >= 4 is 54.0 Å². The highest BCUT2D eigenvalue weighted by atomic mass is 79.9. The van der Waals surface area contributed by atoms with Crippen LogP contribution in [-0.2, 0) is 10.0 Å². The van der Waals surface area contributed by atoms with Crippen LogP contribution < -0.4 is 10.0 Å². The third-order valence-corrected chi connectivity index (χ3v) is 7.00. The van der Waals surface area contributed by atoms with Crippen LogP contribution in [0.25, 0.3) is 11.3 Å². The van der Waals surface area contributed by atoms with E-state index in [0.717, 1.165) is 22.2 Å². The van der Waals surface area contributed by atoms with Gasteiger partial charge < -0.3 is 0 Å². The summed E-state index contributed by atoms with van der Waals surface area (Å²) in [5.74, 6) is -1.25. The molecule has 152 valence electrons. The topological polar surface area (TPSA) is 88.2 Å². The lowest BCUT2D eigenvalue weighted by molar-refractivity contribution is 0.102. The van der Waals surface area contributed by atoms with E-state index in [-0.39, 0.29) is 11.3 Å². The Labute approximate surface area is 180 Å². The van der Waals surface area contributed by atoms with Crippen LogP contribution in [-0.4, -0.2) is 24.6 Å². The summed E-state index contributed by atoms with van der Waals surface area (Å²) in [7, 11) is -3.75. The van der Waals surface area contributed by atoms with Gasteiger partial charge >= 0.3 is 0 Å². The van der Waals surface area contributed by atoms with E-state index in [0.29, 0.717) is 10.8 Å². The average Bonchev–Trinajstić information content (AvgIpc) is 3.10. The standard InChI is InChI=1S/C19H17BrFN3O3S2/c1-11(2)29(26,27)24-16-9-14(21)7-8-15(16)18(25)23-19-22-17(10-28-19)12-3-5-13(20)6-4-12/h3-11,24H,1-2H3,(H,22,23,25). The van der Waals surface area contributed by atoms with Gasteiger partial charge in [0.15, 0.2) is 5.13 Å². The van der Waals surface area contributed by atoms with Crippen LogP contribution in [0.2, 0.25) is 0 Å². The van der Waals surface area contributed by atoms with Gasteiger partial charge in [0.05, 0.1) is 22.2 Å². The monoisotopic (exact) mass is 497 g/mol. The predicted octanol–water partition coefficient (Wildman–Crippen LogP) is 5.11. The molecule has 0 radical (unpaired) electrons. The van der Waals surface area contributed by atoms with E-state index >= 15 is 0 Å². The number of hydrogen-bond donors (Lipinski definition) is 2. The molecule has 2 aromatic carbocycles. The second kappa shape index (κ2) is 8.60. The van der Waals surface area contributed by atoms with Crippen molar-refractivity contribution in [1.82, 2.24) is 4.98 Å². The number of hydrogen-bond acceptors (Lipinski definition) is 5. The van der Waals surface area contributed by atoms with Gasteiger partial charge in [0, 0.05) is 15.4 Å². The molecule has 1 aromatic heterocycles. The maximum absolute atomic E-state index is 13.7. The molecular weight excluding hydrogens is 481 g/mol. The van der Waals surface area contributed by atoms with Crippen LogP contribution >= 0.6 is 27.3 Å². The number of nitrogens with one attached hydrogen (secondary N) is 2. The molecule has 0 fully saturated rings. The number of carbonyl (C=O) groups is 1. The fraction of sp³-hybridized carbons (Fsp3) is 0.158. The summed E-state index contributed by atoms with van der Waals surface area (Å²) in [5.41, 5.74) is 1.45. The highest BCUT2D eigenvalue weighted by Gasteiger charge is 2.21. The molecule has 0 spiro atoms. The first kappa shape index (κ1) is 21.4. The lowest BCUT2D eigenvalue weighted by Gasteiger charge is -2.14. The molecule has 0 bridgehead atoms. The summed E-state index contributed by atoms with van der Waals surface area (Å²) in [5, 5.41) is 4.04. The number of thiazole rings is 1. The van der Waals surface area contributed by atoms with Crippen LogP contribution in [0, 0.1) is 5.82 Å². The number of rotatable bonds is 6. The van der Waals surface area contributed by atoms with Gasteiger partial charge in [0.25, 0.3) is 5.91 Å². The molecule has 1 amide bonds. The van der Waals surface area contributed by atoms with Crippen molar-refractivity contribution in [2.75, 3.05) is 10.0 Å². The third-order valence-electron chi connectivity index (χ3n) is 3.96. The Bertz CT molecular complexity index is 1150. The zero-order valence-corrected chi connectivity index (χ0v) is 18.7. The van der Waals surface area contributed by atoms with Crippen molar-refractivity contribution in [1.29, 1.82) is 0 Å². The van der Waals surface area contributed by atoms with Crippen molar-refractivity contribution in [3.8, 4) is 11.3 Å². The van der Waals surface area contributed by atoms with Gasteiger partial charge in [-0.3, -0.25) is 14.8 Å². The van der Waals surface area contributed by atoms with Crippen LogP contribution in [0.3, 0.4) is 0 Å². The van der Waals surface area contributed by atoms with E-state index in [4.69, 9.17) is 0 Å². The number of carbonyl (C=O) groups excluding carboxylic acids is 1. The maximum atomic E-state index is 13.7. The number of amides is 1. The first-order chi connectivity index (χ1) is 13.7. The highest BCUT2D eigenvalue weighted by molar-refractivity contribution is 9.10. The normalized spacial score (nSPS) is 11.5. The minimum atomic E-state index is -3.75. The van der Waals surface area contributed by atoms with Gasteiger partial charge in [0.1, 0.15) is 5.82 Å². The molecule has 1 heterocycles. The molecule has 3 rings (SSSR count). The first-order valence-electron chi connectivity index (χ1n) is 8.50. The average molecular weight is 498 g/mol. The van der Waals surface area contributed by atoms with Gasteiger partial charge in [0.2, 0.25) is 10.0 Å². The number of nitrogens with zero attached hydrogens (tertiary/aromatic N) is 1. The second-order valence-electron chi connectivity index (χ2n) is 6.38. The molecule has 0 unspecified atom stereocenters. The Balaban J connectivity index is 1.84. The van der Waals surface area contributed by atoms with Crippen molar-refractivity contribution in [2.24, 2.45) is 0 Å². The molecule has 6 nitrogen and oxygen atoms in total. The first-order valence-corrected chi connectivity index (χ1v) is 11.7. The Hall–Kier alpha value is -2.30. The number of anilines is 2. The molecule has 2 N–H and O–H groups in total. The van der Waals surface area contributed by atoms with Gasteiger partial charge in [-0.15, -0.1) is 11.3 Å². The molecule has 0 aliphatic rings. The van der Waals surface area contributed by atoms with Gasteiger partial charge in [-0.25, -0.2) is 17.8 Å². The second-order valence-corrected chi connectivity index (χ2v) is 10.4. The molecule has 3 aromatic rings. The lowest BCUT2D eigenvalue weighted by atomic mass is 10.1. The van der Waals surface area contributed by atoms with E-state index in [2.05, 4.69) is 31.0 Å². The summed E-state index contributed by atoms with van der Waals surface area (Å²) in [6.45, 7) is 2.97. The SMILES string of the molecule is CC(C)S(=O)(=O)Nc1cc(F)ccc1C(=O)Nc1nc(-c2ccc(Br)cc2)cs1. The van der Waals surface area contributed by atoms with Crippen molar-refractivity contribution in [3.63, 3.8) is 0 Å². The molecule has 0 saturated carbocycles. The smallest absolute Gasteiger partial charge is 0.259 e. The molecule has 0 aliphatic heterocycles. The van der Waals surface area contributed by atoms with E-state index in [1.165, 1.54) is 31.3 Å². The number of aromatic nitrogens is 1. The van der Waals surface area contributed by atoms with E-state index in [1.54, 1.807) is 5.38 Å². The highest BCUT2D eigenvalue weighted by Crippen LogP contribution is 2.27. The number of sulfonamides is 1. The predicted molar refractivity (Wildman–Crippen MR) is 117 cm³/mol. The van der Waals surface area contributed by atoms with Crippen molar-refractivity contribution < 1.29 is 17.6 Å². The Morgan fingerprint density at radius 2 is 1.86 bits per heavy atom. The fourth-order valence-corrected chi connectivity index (χ4v) is 4.01. The molecular formula is C19H17BrFN3O3S2. The van der Waals surface area contributed by atoms with Gasteiger partial charge in [-0.1, -0.05) is 28.1 Å². The molecule has 0 aliphatic carbocycles. The van der Waals surface area contributed by atoms with Crippen molar-refractivity contribution in [3.05, 3.63) is 63.7 Å². The van der Waals surface area contributed by atoms with E-state index in [9.17, 15) is 17.6 Å². The largest absolute Gasteiger partial charge is 0.298 e. The fourth-order valence-electron chi connectivity index (χ4n) is 2.32. The summed E-state index contributed by atoms with van der Waals surface area (Å²) >= 11 is 4.60. The molecule has 0 atom stereocenters. The minimum absolute atomic E-state index is 0.00369. The van der Waals surface area contributed by atoms with Crippen LogP contribution in [0.15, 0.2) is 52.3 Å². The summed E-state index contributed by atoms with van der Waals surface area (Å²) < 4.78 is 41.2. The van der Waals surface area contributed by atoms with Gasteiger partial charge in [-0.2, -0.15) is 0 Å². The van der Waals surface area contributed by atoms with Gasteiger partial charge in [-0.05, 0) is 44.2 Å². The summed E-state index contributed by atoms with van der Waals surface area (Å²) in [6.07, 6.45) is 0. The number of halogens is 2. The van der Waals surface area contributed by atoms with Crippen LogP contribution in [0.1, 0.15) is 24.2 Å². The van der Waals surface area contributed by atoms with E-state index < -0.39 is 27.0 Å². The molecule has 10 heteroatoms.